The Morgan fingerprint density at radius 1 is 1.17 bits per heavy atom. The summed E-state index contributed by atoms with van der Waals surface area (Å²) in [6.45, 7) is 2.85. The molecule has 2 heterocycles. The van der Waals surface area contributed by atoms with E-state index >= 15 is 0 Å². The van der Waals surface area contributed by atoms with Crippen molar-refractivity contribution in [1.29, 1.82) is 0 Å². The molecule has 1 atom stereocenters. The second kappa shape index (κ2) is 8.06. The number of rotatable bonds is 5. The van der Waals surface area contributed by atoms with Gasteiger partial charge in [-0.1, -0.05) is 6.07 Å². The van der Waals surface area contributed by atoms with E-state index in [4.69, 9.17) is 9.47 Å². The van der Waals surface area contributed by atoms with E-state index in [-0.39, 0.29) is 11.9 Å². The number of methoxy groups -OCH3 is 2. The van der Waals surface area contributed by atoms with Gasteiger partial charge in [0.15, 0.2) is 11.5 Å². The molecular weight excluding hydrogens is 437 g/mol. The summed E-state index contributed by atoms with van der Waals surface area (Å²) >= 11 is 3.20. The minimum Gasteiger partial charge on any atom is -0.493 e. The number of hydrogen-bond acceptors (Lipinski definition) is 4. The van der Waals surface area contributed by atoms with Gasteiger partial charge >= 0.3 is 0 Å². The molecule has 4 rings (SSSR count). The van der Waals surface area contributed by atoms with Crippen LogP contribution in [-0.4, -0.2) is 23.8 Å². The van der Waals surface area contributed by atoms with Crippen LogP contribution >= 0.6 is 15.9 Å². The van der Waals surface area contributed by atoms with Gasteiger partial charge in [-0.2, -0.15) is 0 Å². The zero-order valence-corrected chi connectivity index (χ0v) is 18.2. The van der Waals surface area contributed by atoms with Crippen LogP contribution in [0.4, 0.5) is 10.3 Å². The van der Waals surface area contributed by atoms with Crippen LogP contribution < -0.4 is 14.8 Å². The van der Waals surface area contributed by atoms with Crippen LogP contribution in [0.3, 0.4) is 0 Å². The lowest BCUT2D eigenvalue weighted by atomic mass is 10.0. The number of imidazole rings is 1. The Kier molecular flexibility index (Phi) is 5.50. The summed E-state index contributed by atoms with van der Waals surface area (Å²) in [5.41, 5.74) is 4.22. The van der Waals surface area contributed by atoms with Crippen LogP contribution in [0, 0.1) is 5.82 Å². The number of aromatic nitrogens is 2. The monoisotopic (exact) mass is 459 g/mol. The van der Waals surface area contributed by atoms with E-state index in [1.807, 2.05) is 25.3 Å². The minimum absolute atomic E-state index is 0.0859. The van der Waals surface area contributed by atoms with Gasteiger partial charge in [0.1, 0.15) is 5.82 Å². The van der Waals surface area contributed by atoms with Gasteiger partial charge in [0.25, 0.3) is 0 Å². The quantitative estimate of drug-likeness (QED) is 0.540. The van der Waals surface area contributed by atoms with E-state index in [2.05, 4.69) is 36.9 Å². The number of nitrogens with one attached hydrogen (secondary N) is 1. The molecule has 0 bridgehead atoms. The maximum absolute atomic E-state index is 13.9. The van der Waals surface area contributed by atoms with Crippen molar-refractivity contribution in [2.75, 3.05) is 19.5 Å². The SMILES string of the molecule is COc1cc2c(cc1OC)-c1cnc(NC(C)c3ccc(Br)c(F)c3)n1CCC2. The van der Waals surface area contributed by atoms with Gasteiger partial charge in [0.05, 0.1) is 36.6 Å². The van der Waals surface area contributed by atoms with E-state index in [0.717, 1.165) is 47.9 Å². The lowest BCUT2D eigenvalue weighted by Crippen LogP contribution is -2.12. The highest BCUT2D eigenvalue weighted by Crippen LogP contribution is 2.39. The summed E-state index contributed by atoms with van der Waals surface area (Å²) in [6, 6.07) is 9.16. The summed E-state index contributed by atoms with van der Waals surface area (Å²) in [6.07, 6.45) is 3.82. The second-order valence-corrected chi connectivity index (χ2v) is 7.98. The smallest absolute Gasteiger partial charge is 0.203 e. The van der Waals surface area contributed by atoms with Crippen LogP contribution in [0.1, 0.15) is 30.5 Å². The summed E-state index contributed by atoms with van der Waals surface area (Å²) in [5.74, 6) is 1.95. The first-order valence-electron chi connectivity index (χ1n) is 9.54. The van der Waals surface area contributed by atoms with Crippen LogP contribution in [0.2, 0.25) is 0 Å². The Balaban J connectivity index is 1.68. The molecular formula is C22H23BrFN3O2. The molecule has 0 saturated carbocycles. The predicted molar refractivity (Wildman–Crippen MR) is 115 cm³/mol. The van der Waals surface area contributed by atoms with Crippen LogP contribution in [-0.2, 0) is 13.0 Å². The fraction of sp³-hybridized carbons (Fsp3) is 0.318. The van der Waals surface area contributed by atoms with E-state index in [0.29, 0.717) is 10.2 Å². The van der Waals surface area contributed by atoms with Gasteiger partial charge in [0, 0.05) is 12.1 Å². The number of hydrogen-bond donors (Lipinski definition) is 1. The first-order chi connectivity index (χ1) is 14.0. The van der Waals surface area contributed by atoms with Crippen LogP contribution in [0.5, 0.6) is 11.5 Å². The molecule has 0 fully saturated rings. The van der Waals surface area contributed by atoms with Gasteiger partial charge in [-0.3, -0.25) is 0 Å². The fourth-order valence-corrected chi connectivity index (χ4v) is 4.03. The Morgan fingerprint density at radius 3 is 2.66 bits per heavy atom. The van der Waals surface area contributed by atoms with Gasteiger partial charge in [-0.15, -0.1) is 0 Å². The fourth-order valence-electron chi connectivity index (χ4n) is 3.78. The first-order valence-corrected chi connectivity index (χ1v) is 10.3. The molecule has 0 spiro atoms. The Morgan fingerprint density at radius 2 is 1.93 bits per heavy atom. The highest BCUT2D eigenvalue weighted by Gasteiger charge is 2.22. The summed E-state index contributed by atoms with van der Waals surface area (Å²) in [4.78, 5) is 4.62. The molecule has 0 radical (unpaired) electrons. The summed E-state index contributed by atoms with van der Waals surface area (Å²) in [7, 11) is 3.30. The van der Waals surface area contributed by atoms with E-state index in [1.54, 1.807) is 26.4 Å². The number of aryl methyl sites for hydroxylation is 1. The number of ether oxygens (including phenoxy) is 2. The zero-order chi connectivity index (χ0) is 20.5. The van der Waals surface area contributed by atoms with Crippen molar-refractivity contribution in [1.82, 2.24) is 9.55 Å². The van der Waals surface area contributed by atoms with Gasteiger partial charge in [-0.25, -0.2) is 9.37 Å². The van der Waals surface area contributed by atoms with Crippen molar-refractivity contribution in [2.45, 2.75) is 32.4 Å². The third-order valence-electron chi connectivity index (χ3n) is 5.36. The molecule has 152 valence electrons. The highest BCUT2D eigenvalue weighted by molar-refractivity contribution is 9.10. The molecule has 7 heteroatoms. The van der Waals surface area contributed by atoms with Crippen LogP contribution in [0.25, 0.3) is 11.3 Å². The third kappa shape index (κ3) is 3.71. The number of fused-ring (bicyclic) bond motifs is 3. The summed E-state index contributed by atoms with van der Waals surface area (Å²) in [5, 5.41) is 3.44. The third-order valence-corrected chi connectivity index (χ3v) is 6.00. The van der Waals surface area contributed by atoms with Crippen molar-refractivity contribution in [2.24, 2.45) is 0 Å². The van der Waals surface area contributed by atoms with Crippen LogP contribution in [0.15, 0.2) is 41.0 Å². The molecule has 1 N–H and O–H groups in total. The Bertz CT molecular complexity index is 1050. The molecule has 1 aliphatic heterocycles. The first kappa shape index (κ1) is 19.8. The normalized spacial score (nSPS) is 13.8. The topological polar surface area (TPSA) is 48.3 Å². The molecule has 1 aromatic heterocycles. The van der Waals surface area contributed by atoms with Crippen molar-refractivity contribution in [3.63, 3.8) is 0 Å². The lowest BCUT2D eigenvalue weighted by molar-refractivity contribution is 0.354. The van der Waals surface area contributed by atoms with Crippen molar-refractivity contribution < 1.29 is 13.9 Å². The average molecular weight is 460 g/mol. The summed E-state index contributed by atoms with van der Waals surface area (Å²) < 4.78 is 27.5. The Labute approximate surface area is 178 Å². The van der Waals surface area contributed by atoms with Crippen molar-refractivity contribution in [3.8, 4) is 22.8 Å². The van der Waals surface area contributed by atoms with Crippen molar-refractivity contribution in [3.05, 3.63) is 57.9 Å². The number of nitrogens with zero attached hydrogens (tertiary/aromatic N) is 2. The minimum atomic E-state index is -0.270. The van der Waals surface area contributed by atoms with Gasteiger partial charge in [0.2, 0.25) is 5.95 Å². The average Bonchev–Trinajstić information content (AvgIpc) is 3.02. The largest absolute Gasteiger partial charge is 0.493 e. The molecule has 2 aromatic carbocycles. The van der Waals surface area contributed by atoms with Crippen molar-refractivity contribution >= 4 is 21.9 Å². The number of anilines is 1. The molecule has 5 nitrogen and oxygen atoms in total. The molecule has 0 saturated heterocycles. The molecule has 3 aromatic rings. The van der Waals surface area contributed by atoms with E-state index < -0.39 is 0 Å². The molecule has 1 aliphatic rings. The van der Waals surface area contributed by atoms with Gasteiger partial charge in [-0.05, 0) is 71.1 Å². The molecule has 29 heavy (non-hydrogen) atoms. The maximum Gasteiger partial charge on any atom is 0.203 e. The van der Waals surface area contributed by atoms with Gasteiger partial charge < -0.3 is 19.4 Å². The van der Waals surface area contributed by atoms with E-state index in [9.17, 15) is 4.39 Å². The number of benzene rings is 2. The lowest BCUT2D eigenvalue weighted by Gasteiger charge is -2.17. The maximum atomic E-state index is 13.9. The van der Waals surface area contributed by atoms with E-state index in [1.165, 1.54) is 5.56 Å². The highest BCUT2D eigenvalue weighted by atomic mass is 79.9. The molecule has 0 aliphatic carbocycles. The Hall–Kier alpha value is -2.54. The number of halogens is 2. The molecule has 1 unspecified atom stereocenters. The zero-order valence-electron chi connectivity index (χ0n) is 16.6. The molecule has 0 amide bonds. The second-order valence-electron chi connectivity index (χ2n) is 7.13. The predicted octanol–water partition coefficient (Wildman–Crippen LogP) is 5.59. The standard InChI is InChI=1S/C22H23BrFN3O2/c1-13(14-6-7-17(23)18(24)9-14)26-22-25-12-19-16-11-21(29-3)20(28-2)10-15(16)5-4-8-27(19)22/h6-7,9-13H,4-5,8H2,1-3H3,(H,25,26).